The first kappa shape index (κ1) is 16.4. The van der Waals surface area contributed by atoms with Crippen molar-refractivity contribution >= 4 is 22.4 Å². The average molecular weight is 317 g/mol. The van der Waals surface area contributed by atoms with E-state index in [2.05, 4.69) is 5.32 Å². The van der Waals surface area contributed by atoms with Crippen LogP contribution in [0.5, 0.6) is 0 Å². The number of carbonyl (C=O) groups is 1. The Balaban J connectivity index is 2.11. The summed E-state index contributed by atoms with van der Waals surface area (Å²) in [5.41, 5.74) is 1.87. The molecule has 116 valence electrons. The molecule has 1 atom stereocenters. The maximum absolute atomic E-state index is 12.2. The molecule has 0 aliphatic carbocycles. The Morgan fingerprint density at radius 1 is 1.18 bits per heavy atom. The lowest BCUT2D eigenvalue weighted by Crippen LogP contribution is -2.12. The molecule has 2 aromatic carbocycles. The molecule has 0 radical (unpaired) electrons. The third-order valence-electron chi connectivity index (χ3n) is 3.14. The summed E-state index contributed by atoms with van der Waals surface area (Å²) in [5.74, 6) is -0.239. The van der Waals surface area contributed by atoms with Crippen LogP contribution in [0, 0.1) is 0 Å². The minimum absolute atomic E-state index is 0.0425. The van der Waals surface area contributed by atoms with E-state index in [4.69, 9.17) is 5.11 Å². The van der Waals surface area contributed by atoms with Gasteiger partial charge in [0.25, 0.3) is 5.91 Å². The highest BCUT2D eigenvalue weighted by Crippen LogP contribution is 2.15. The third-order valence-corrected chi connectivity index (χ3v) is 4.74. The van der Waals surface area contributed by atoms with Gasteiger partial charge >= 0.3 is 0 Å². The standard InChI is InChI=1S/C17H19NO3S/c1-12(2)22(21)16-8-6-14(7-9-16)17(20)18-15-5-3-4-13(10-15)11-19/h3-10,12,19H,11H2,1-2H3,(H,18,20). The van der Waals surface area contributed by atoms with Gasteiger partial charge in [-0.2, -0.15) is 0 Å². The summed E-state index contributed by atoms with van der Waals surface area (Å²) in [6.45, 7) is 3.72. The first-order chi connectivity index (χ1) is 10.5. The summed E-state index contributed by atoms with van der Waals surface area (Å²) in [6, 6.07) is 13.8. The Morgan fingerprint density at radius 3 is 2.45 bits per heavy atom. The monoisotopic (exact) mass is 317 g/mol. The number of benzene rings is 2. The van der Waals surface area contributed by atoms with E-state index >= 15 is 0 Å². The maximum Gasteiger partial charge on any atom is 0.255 e. The normalized spacial score (nSPS) is 12.2. The first-order valence-electron chi connectivity index (χ1n) is 7.03. The molecule has 2 N–H and O–H groups in total. The molecule has 0 spiro atoms. The predicted octanol–water partition coefficient (Wildman–Crippen LogP) is 2.95. The van der Waals surface area contributed by atoms with Crippen LogP contribution < -0.4 is 5.32 Å². The number of aliphatic hydroxyl groups excluding tert-OH is 1. The van der Waals surface area contributed by atoms with Crippen molar-refractivity contribution in [1.29, 1.82) is 0 Å². The molecule has 0 aliphatic heterocycles. The fraction of sp³-hybridized carbons (Fsp3) is 0.235. The Morgan fingerprint density at radius 2 is 1.86 bits per heavy atom. The molecule has 0 heterocycles. The lowest BCUT2D eigenvalue weighted by Gasteiger charge is -2.08. The van der Waals surface area contributed by atoms with Gasteiger partial charge in [0, 0.05) is 21.4 Å². The molecule has 4 nitrogen and oxygen atoms in total. The van der Waals surface area contributed by atoms with Gasteiger partial charge in [0.2, 0.25) is 0 Å². The highest BCUT2D eigenvalue weighted by Gasteiger charge is 2.10. The van der Waals surface area contributed by atoms with Gasteiger partial charge in [-0.25, -0.2) is 0 Å². The Kier molecular flexibility index (Phi) is 5.46. The van der Waals surface area contributed by atoms with Gasteiger partial charge in [-0.3, -0.25) is 9.00 Å². The number of amides is 1. The molecule has 1 unspecified atom stereocenters. The number of aliphatic hydroxyl groups is 1. The van der Waals surface area contributed by atoms with Crippen molar-refractivity contribution in [3.05, 3.63) is 59.7 Å². The van der Waals surface area contributed by atoms with E-state index < -0.39 is 10.8 Å². The van der Waals surface area contributed by atoms with Crippen molar-refractivity contribution in [3.63, 3.8) is 0 Å². The number of hydrogen-bond acceptors (Lipinski definition) is 3. The molecule has 2 aromatic rings. The maximum atomic E-state index is 12.2. The summed E-state index contributed by atoms with van der Waals surface area (Å²) in [4.78, 5) is 12.9. The number of hydrogen-bond donors (Lipinski definition) is 2. The Labute approximate surface area is 132 Å². The van der Waals surface area contributed by atoms with E-state index in [1.165, 1.54) is 0 Å². The van der Waals surface area contributed by atoms with E-state index in [0.717, 1.165) is 5.56 Å². The van der Waals surface area contributed by atoms with Crippen molar-refractivity contribution in [2.45, 2.75) is 30.6 Å². The molecule has 2 rings (SSSR count). The van der Waals surface area contributed by atoms with Crippen LogP contribution in [0.4, 0.5) is 5.69 Å². The molecular weight excluding hydrogens is 298 g/mol. The minimum Gasteiger partial charge on any atom is -0.392 e. The van der Waals surface area contributed by atoms with E-state index in [1.54, 1.807) is 48.5 Å². The van der Waals surface area contributed by atoms with Gasteiger partial charge in [0.1, 0.15) is 0 Å². The summed E-state index contributed by atoms with van der Waals surface area (Å²) in [6.07, 6.45) is 0. The summed E-state index contributed by atoms with van der Waals surface area (Å²) in [5, 5.41) is 11.9. The molecule has 5 heteroatoms. The van der Waals surface area contributed by atoms with Crippen LogP contribution in [-0.4, -0.2) is 20.5 Å². The van der Waals surface area contributed by atoms with Gasteiger partial charge in [-0.1, -0.05) is 26.0 Å². The zero-order valence-electron chi connectivity index (χ0n) is 12.6. The first-order valence-corrected chi connectivity index (χ1v) is 8.24. The molecule has 0 aromatic heterocycles. The van der Waals surface area contributed by atoms with Crippen LogP contribution in [0.3, 0.4) is 0 Å². The molecule has 0 bridgehead atoms. The van der Waals surface area contributed by atoms with E-state index in [0.29, 0.717) is 16.1 Å². The average Bonchev–Trinajstić information content (AvgIpc) is 2.54. The molecule has 22 heavy (non-hydrogen) atoms. The summed E-state index contributed by atoms with van der Waals surface area (Å²) in [7, 11) is -1.06. The van der Waals surface area contributed by atoms with Crippen molar-refractivity contribution < 1.29 is 14.1 Å². The van der Waals surface area contributed by atoms with Gasteiger partial charge in [-0.15, -0.1) is 0 Å². The van der Waals surface area contributed by atoms with E-state index in [1.807, 2.05) is 13.8 Å². The fourth-order valence-electron chi connectivity index (χ4n) is 1.96. The van der Waals surface area contributed by atoms with Crippen LogP contribution in [0.25, 0.3) is 0 Å². The number of nitrogens with one attached hydrogen (secondary N) is 1. The van der Waals surface area contributed by atoms with Gasteiger partial charge < -0.3 is 10.4 Å². The quantitative estimate of drug-likeness (QED) is 0.891. The second kappa shape index (κ2) is 7.33. The van der Waals surface area contributed by atoms with Gasteiger partial charge in [0.15, 0.2) is 0 Å². The summed E-state index contributed by atoms with van der Waals surface area (Å²) >= 11 is 0. The zero-order chi connectivity index (χ0) is 16.1. The van der Waals surface area contributed by atoms with Crippen LogP contribution in [-0.2, 0) is 17.4 Å². The summed E-state index contributed by atoms with van der Waals surface area (Å²) < 4.78 is 12.0. The number of rotatable bonds is 5. The number of anilines is 1. The van der Waals surface area contributed by atoms with Crippen molar-refractivity contribution in [2.24, 2.45) is 0 Å². The molecule has 0 fully saturated rings. The second-order valence-electron chi connectivity index (χ2n) is 5.18. The second-order valence-corrected chi connectivity index (χ2v) is 7.19. The van der Waals surface area contributed by atoms with Crippen LogP contribution in [0.1, 0.15) is 29.8 Å². The Bertz CT molecular complexity index is 681. The molecule has 0 aliphatic rings. The van der Waals surface area contributed by atoms with Crippen LogP contribution in [0.15, 0.2) is 53.4 Å². The van der Waals surface area contributed by atoms with Crippen molar-refractivity contribution in [3.8, 4) is 0 Å². The van der Waals surface area contributed by atoms with Gasteiger partial charge in [-0.05, 0) is 42.0 Å². The number of carbonyl (C=O) groups excluding carboxylic acids is 1. The topological polar surface area (TPSA) is 66.4 Å². The highest BCUT2D eigenvalue weighted by molar-refractivity contribution is 7.85. The SMILES string of the molecule is CC(C)S(=O)c1ccc(C(=O)Nc2cccc(CO)c2)cc1. The molecule has 0 saturated carbocycles. The minimum atomic E-state index is -1.06. The lowest BCUT2D eigenvalue weighted by molar-refractivity contribution is 0.102. The molecular formula is C17H19NO3S. The predicted molar refractivity (Wildman–Crippen MR) is 88.3 cm³/mol. The van der Waals surface area contributed by atoms with Crippen molar-refractivity contribution in [1.82, 2.24) is 0 Å². The largest absolute Gasteiger partial charge is 0.392 e. The van der Waals surface area contributed by atoms with Gasteiger partial charge in [0.05, 0.1) is 17.4 Å². The third kappa shape index (κ3) is 4.02. The highest BCUT2D eigenvalue weighted by atomic mass is 32.2. The zero-order valence-corrected chi connectivity index (χ0v) is 13.4. The van der Waals surface area contributed by atoms with E-state index in [-0.39, 0.29) is 17.8 Å². The van der Waals surface area contributed by atoms with Crippen molar-refractivity contribution in [2.75, 3.05) is 5.32 Å². The lowest BCUT2D eigenvalue weighted by atomic mass is 10.2. The van der Waals surface area contributed by atoms with E-state index in [9.17, 15) is 9.00 Å². The smallest absolute Gasteiger partial charge is 0.255 e. The molecule has 1 amide bonds. The fourth-order valence-corrected chi connectivity index (χ4v) is 2.91. The van der Waals surface area contributed by atoms with Crippen LogP contribution >= 0.6 is 0 Å². The Hall–Kier alpha value is -1.98. The van der Waals surface area contributed by atoms with Crippen LogP contribution in [0.2, 0.25) is 0 Å². The molecule has 0 saturated heterocycles.